The van der Waals surface area contributed by atoms with Gasteiger partial charge in [-0.1, -0.05) is 0 Å². The van der Waals surface area contributed by atoms with Crippen LogP contribution < -0.4 is 0 Å². The number of aromatic hydroxyl groups is 1. The Morgan fingerprint density at radius 3 is 3.06 bits per heavy atom. The molecule has 0 unspecified atom stereocenters. The van der Waals surface area contributed by atoms with Crippen molar-refractivity contribution in [1.29, 1.82) is 0 Å². The zero-order chi connectivity index (χ0) is 13.1. The fourth-order valence-corrected chi connectivity index (χ4v) is 1.82. The molecule has 1 aromatic heterocycles. The summed E-state index contributed by atoms with van der Waals surface area (Å²) in [4.78, 5) is 0. The first-order valence-electron chi connectivity index (χ1n) is 5.26. The Balaban J connectivity index is 2.50. The summed E-state index contributed by atoms with van der Waals surface area (Å²) in [7, 11) is 1.57. The van der Waals surface area contributed by atoms with Crippen LogP contribution in [0.3, 0.4) is 0 Å². The molecule has 2 aromatic rings. The number of rotatable bonds is 4. The summed E-state index contributed by atoms with van der Waals surface area (Å²) in [5.41, 5.74) is 0.290. The summed E-state index contributed by atoms with van der Waals surface area (Å²) in [6, 6.07) is 3.67. The number of phenols is 1. The third kappa shape index (κ3) is 2.41. The molecule has 2 rings (SSSR count). The van der Waals surface area contributed by atoms with E-state index in [9.17, 15) is 9.50 Å². The summed E-state index contributed by atoms with van der Waals surface area (Å²) in [5, 5.41) is 16.4. The predicted molar refractivity (Wildman–Crippen MR) is 66.3 cm³/mol. The first-order chi connectivity index (χ1) is 8.63. The smallest absolute Gasteiger partial charge is 0.195 e. The molecule has 1 aromatic carbocycles. The van der Waals surface area contributed by atoms with Gasteiger partial charge in [0, 0.05) is 7.11 Å². The van der Waals surface area contributed by atoms with Crippen LogP contribution in [0.2, 0.25) is 0 Å². The molecule has 0 atom stereocenters. The van der Waals surface area contributed by atoms with Gasteiger partial charge in [-0.2, -0.15) is 5.10 Å². The zero-order valence-electron chi connectivity index (χ0n) is 9.68. The van der Waals surface area contributed by atoms with Crippen molar-refractivity contribution < 1.29 is 14.2 Å². The van der Waals surface area contributed by atoms with Crippen LogP contribution >= 0.6 is 12.2 Å². The number of aromatic nitrogens is 3. The van der Waals surface area contributed by atoms with Gasteiger partial charge in [-0.05, 0) is 30.4 Å². The summed E-state index contributed by atoms with van der Waals surface area (Å²) < 4.78 is 20.2. The molecule has 0 spiro atoms. The van der Waals surface area contributed by atoms with Crippen LogP contribution in [-0.4, -0.2) is 33.6 Å². The highest BCUT2D eigenvalue weighted by atomic mass is 32.1. The van der Waals surface area contributed by atoms with Gasteiger partial charge in [0.15, 0.2) is 10.6 Å². The predicted octanol–water partition coefficient (Wildman–Crippen LogP) is 2.10. The van der Waals surface area contributed by atoms with Gasteiger partial charge in [-0.15, -0.1) is 0 Å². The summed E-state index contributed by atoms with van der Waals surface area (Å²) in [6.07, 6.45) is 0. The molecular formula is C11H12FN3O2S. The fourth-order valence-electron chi connectivity index (χ4n) is 1.60. The lowest BCUT2D eigenvalue weighted by Gasteiger charge is -2.07. The van der Waals surface area contributed by atoms with E-state index in [0.717, 1.165) is 0 Å². The lowest BCUT2D eigenvalue weighted by Crippen LogP contribution is -2.06. The van der Waals surface area contributed by atoms with Gasteiger partial charge in [-0.25, -0.2) is 4.39 Å². The molecule has 0 aliphatic carbocycles. The molecule has 7 heteroatoms. The highest BCUT2D eigenvalue weighted by molar-refractivity contribution is 7.71. The highest BCUT2D eigenvalue weighted by Crippen LogP contribution is 2.28. The van der Waals surface area contributed by atoms with E-state index in [1.165, 1.54) is 18.2 Å². The van der Waals surface area contributed by atoms with E-state index in [1.807, 2.05) is 0 Å². The maximum atomic E-state index is 13.2. The van der Waals surface area contributed by atoms with Crippen molar-refractivity contribution in [2.75, 3.05) is 13.7 Å². The lowest BCUT2D eigenvalue weighted by atomic mass is 10.2. The van der Waals surface area contributed by atoms with Gasteiger partial charge in [0.2, 0.25) is 0 Å². The molecule has 1 heterocycles. The number of methoxy groups -OCH3 is 1. The summed E-state index contributed by atoms with van der Waals surface area (Å²) in [5.74, 6) is -0.117. The number of benzene rings is 1. The van der Waals surface area contributed by atoms with Gasteiger partial charge in [0.25, 0.3) is 0 Å². The highest BCUT2D eigenvalue weighted by Gasteiger charge is 2.13. The Labute approximate surface area is 108 Å². The topological polar surface area (TPSA) is 63.1 Å². The lowest BCUT2D eigenvalue weighted by molar-refractivity contribution is 0.187. The van der Waals surface area contributed by atoms with Crippen LogP contribution in [0, 0.1) is 10.6 Å². The number of nitrogens with zero attached hydrogens (tertiary/aromatic N) is 2. The average Bonchev–Trinajstić information content (AvgIpc) is 2.71. The molecule has 0 bridgehead atoms. The van der Waals surface area contributed by atoms with E-state index in [-0.39, 0.29) is 5.75 Å². The molecule has 0 amide bonds. The van der Waals surface area contributed by atoms with Gasteiger partial charge < -0.3 is 9.84 Å². The molecule has 0 fully saturated rings. The van der Waals surface area contributed by atoms with E-state index in [1.54, 1.807) is 11.7 Å². The molecule has 18 heavy (non-hydrogen) atoms. The molecule has 96 valence electrons. The quantitative estimate of drug-likeness (QED) is 0.834. The van der Waals surface area contributed by atoms with Gasteiger partial charge >= 0.3 is 0 Å². The second-order valence-electron chi connectivity index (χ2n) is 3.66. The molecule has 0 radical (unpaired) electrons. The monoisotopic (exact) mass is 269 g/mol. The summed E-state index contributed by atoms with van der Waals surface area (Å²) in [6.45, 7) is 0.911. The summed E-state index contributed by atoms with van der Waals surface area (Å²) >= 11 is 5.08. The molecule has 5 nitrogen and oxygen atoms in total. The van der Waals surface area contributed by atoms with Crippen LogP contribution in [-0.2, 0) is 11.3 Å². The minimum absolute atomic E-state index is 0.0518. The van der Waals surface area contributed by atoms with Crippen molar-refractivity contribution in [2.45, 2.75) is 6.54 Å². The number of hydrogen-bond donors (Lipinski definition) is 2. The van der Waals surface area contributed by atoms with Gasteiger partial charge in [0.1, 0.15) is 11.6 Å². The Morgan fingerprint density at radius 1 is 1.56 bits per heavy atom. The maximum absolute atomic E-state index is 13.2. The van der Waals surface area contributed by atoms with Gasteiger partial charge in [0.05, 0.1) is 18.7 Å². The van der Waals surface area contributed by atoms with Gasteiger partial charge in [-0.3, -0.25) is 9.67 Å². The van der Waals surface area contributed by atoms with Crippen molar-refractivity contribution in [3.8, 4) is 17.1 Å². The molecule has 2 N–H and O–H groups in total. The minimum atomic E-state index is -0.449. The van der Waals surface area contributed by atoms with E-state index in [0.29, 0.717) is 29.3 Å². The Kier molecular flexibility index (Phi) is 3.73. The van der Waals surface area contributed by atoms with E-state index in [2.05, 4.69) is 10.2 Å². The van der Waals surface area contributed by atoms with Crippen LogP contribution in [0.15, 0.2) is 18.2 Å². The maximum Gasteiger partial charge on any atom is 0.195 e. The first kappa shape index (κ1) is 12.7. The van der Waals surface area contributed by atoms with Crippen LogP contribution in [0.1, 0.15) is 0 Å². The van der Waals surface area contributed by atoms with Crippen molar-refractivity contribution in [2.24, 2.45) is 0 Å². The number of H-pyrrole nitrogens is 1. The van der Waals surface area contributed by atoms with Crippen molar-refractivity contribution in [1.82, 2.24) is 14.8 Å². The molecular weight excluding hydrogens is 257 g/mol. The SMILES string of the molecule is COCCn1c(-c2cc(F)ccc2O)n[nH]c1=S. The number of ether oxygens (including phenoxy) is 1. The first-order valence-corrected chi connectivity index (χ1v) is 5.67. The average molecular weight is 269 g/mol. The minimum Gasteiger partial charge on any atom is -0.507 e. The molecule has 0 saturated carbocycles. The number of phenolic OH excluding ortho intramolecular Hbond substituents is 1. The second kappa shape index (κ2) is 5.28. The van der Waals surface area contributed by atoms with E-state index in [4.69, 9.17) is 17.0 Å². The Morgan fingerprint density at radius 2 is 2.33 bits per heavy atom. The third-order valence-corrected chi connectivity index (χ3v) is 2.79. The van der Waals surface area contributed by atoms with Crippen LogP contribution in [0.5, 0.6) is 5.75 Å². The molecule has 0 saturated heterocycles. The molecule has 0 aliphatic rings. The number of aromatic amines is 1. The van der Waals surface area contributed by atoms with E-state index < -0.39 is 5.82 Å². The number of hydrogen-bond acceptors (Lipinski definition) is 4. The fraction of sp³-hybridized carbons (Fsp3) is 0.273. The van der Waals surface area contributed by atoms with E-state index >= 15 is 0 Å². The Bertz CT molecular complexity index is 609. The third-order valence-electron chi connectivity index (χ3n) is 2.48. The Hall–Kier alpha value is -1.73. The largest absolute Gasteiger partial charge is 0.507 e. The second-order valence-corrected chi connectivity index (χ2v) is 4.04. The standard InChI is InChI=1S/C11H12FN3O2S/c1-17-5-4-15-10(13-14-11(15)18)8-6-7(12)2-3-9(8)16/h2-3,6,16H,4-5H2,1H3,(H,14,18). The van der Waals surface area contributed by atoms with Crippen LogP contribution in [0.25, 0.3) is 11.4 Å². The zero-order valence-corrected chi connectivity index (χ0v) is 10.5. The van der Waals surface area contributed by atoms with Crippen LogP contribution in [0.4, 0.5) is 4.39 Å². The number of halogens is 1. The van der Waals surface area contributed by atoms with Crippen molar-refractivity contribution in [3.05, 3.63) is 28.8 Å². The normalized spacial score (nSPS) is 10.8. The van der Waals surface area contributed by atoms with Crippen molar-refractivity contribution >= 4 is 12.2 Å². The van der Waals surface area contributed by atoms with Crippen molar-refractivity contribution in [3.63, 3.8) is 0 Å². The molecule has 0 aliphatic heterocycles. The number of nitrogens with one attached hydrogen (secondary N) is 1.